The molecule has 0 radical (unpaired) electrons. The van der Waals surface area contributed by atoms with Gasteiger partial charge in [-0.25, -0.2) is 0 Å². The summed E-state index contributed by atoms with van der Waals surface area (Å²) in [5, 5.41) is 21.1. The van der Waals surface area contributed by atoms with Gasteiger partial charge in [0.2, 0.25) is 5.91 Å². The highest BCUT2D eigenvalue weighted by atomic mass is 16.3. The van der Waals surface area contributed by atoms with E-state index >= 15 is 0 Å². The molecule has 4 aliphatic rings. The van der Waals surface area contributed by atoms with Crippen molar-refractivity contribution in [1.82, 2.24) is 10.2 Å². The number of H-pyrrole nitrogens is 1. The topological polar surface area (TPSA) is 78.0 Å². The summed E-state index contributed by atoms with van der Waals surface area (Å²) < 4.78 is 0. The molecular formula is C20H23N3O2. The molecule has 2 atom stereocenters. The second-order valence-corrected chi connectivity index (χ2v) is 8.44. The van der Waals surface area contributed by atoms with Gasteiger partial charge in [0.05, 0.1) is 28.6 Å². The molecule has 2 aromatic rings. The first-order valence-electron chi connectivity index (χ1n) is 9.18. The second-order valence-electron chi connectivity index (χ2n) is 8.44. The fraction of sp³-hybridized carbons (Fsp3) is 0.500. The lowest BCUT2D eigenvalue weighted by molar-refractivity contribution is -0.174. The number of carbonyl (C=O) groups excluding carboxylic acids is 1. The van der Waals surface area contributed by atoms with Gasteiger partial charge in [-0.2, -0.15) is 5.10 Å². The fourth-order valence-electron chi connectivity index (χ4n) is 5.94. The number of anilines is 1. The zero-order valence-electron chi connectivity index (χ0n) is 14.2. The molecule has 1 amide bonds. The Balaban J connectivity index is 1.43. The van der Waals surface area contributed by atoms with E-state index in [9.17, 15) is 9.90 Å². The molecule has 1 aromatic carbocycles. The van der Waals surface area contributed by atoms with Gasteiger partial charge in [-0.05, 0) is 50.4 Å². The minimum atomic E-state index is -0.625. The lowest BCUT2D eigenvalue weighted by Crippen LogP contribution is -2.59. The van der Waals surface area contributed by atoms with Gasteiger partial charge < -0.3 is 10.4 Å². The van der Waals surface area contributed by atoms with Crippen LogP contribution in [0.15, 0.2) is 36.5 Å². The van der Waals surface area contributed by atoms with Crippen molar-refractivity contribution in [3.63, 3.8) is 0 Å². The summed E-state index contributed by atoms with van der Waals surface area (Å²) in [5.74, 6) is 1.04. The zero-order chi connectivity index (χ0) is 17.1. The van der Waals surface area contributed by atoms with E-state index < -0.39 is 11.0 Å². The molecule has 5 nitrogen and oxygen atoms in total. The third kappa shape index (κ3) is 2.41. The number of aromatic amines is 1. The number of aliphatic hydroxyl groups is 1. The molecule has 0 saturated heterocycles. The van der Waals surface area contributed by atoms with Crippen molar-refractivity contribution in [3.05, 3.63) is 36.5 Å². The van der Waals surface area contributed by atoms with E-state index in [1.807, 2.05) is 30.3 Å². The molecule has 0 spiro atoms. The summed E-state index contributed by atoms with van der Waals surface area (Å²) in [5.41, 5.74) is 1.51. The van der Waals surface area contributed by atoms with Crippen LogP contribution in [0, 0.1) is 17.3 Å². The van der Waals surface area contributed by atoms with Crippen molar-refractivity contribution in [1.29, 1.82) is 0 Å². The summed E-state index contributed by atoms with van der Waals surface area (Å²) in [6.07, 6.45) is 7.04. The van der Waals surface area contributed by atoms with Crippen LogP contribution in [0.5, 0.6) is 0 Å². The monoisotopic (exact) mass is 337 g/mol. The number of amides is 1. The third-order valence-electron chi connectivity index (χ3n) is 6.46. The summed E-state index contributed by atoms with van der Waals surface area (Å²) in [6, 6.07) is 9.90. The van der Waals surface area contributed by atoms with E-state index in [1.165, 1.54) is 6.42 Å². The Hall–Kier alpha value is -2.14. The molecule has 6 rings (SSSR count). The van der Waals surface area contributed by atoms with Crippen molar-refractivity contribution in [2.24, 2.45) is 17.3 Å². The Morgan fingerprint density at radius 1 is 1.16 bits per heavy atom. The van der Waals surface area contributed by atoms with Crippen molar-refractivity contribution < 1.29 is 9.90 Å². The minimum Gasteiger partial charge on any atom is -0.390 e. The number of carbonyl (C=O) groups is 1. The van der Waals surface area contributed by atoms with Crippen LogP contribution in [-0.4, -0.2) is 26.8 Å². The number of hydrogen-bond acceptors (Lipinski definition) is 3. The Morgan fingerprint density at radius 3 is 2.56 bits per heavy atom. The van der Waals surface area contributed by atoms with Crippen LogP contribution in [0.25, 0.3) is 11.3 Å². The number of rotatable bonds is 3. The molecule has 130 valence electrons. The Bertz CT molecular complexity index is 799. The van der Waals surface area contributed by atoms with Crippen LogP contribution in [0.2, 0.25) is 0 Å². The Kier molecular flexibility index (Phi) is 3.14. The number of nitrogens with zero attached hydrogens (tertiary/aromatic N) is 1. The minimum absolute atomic E-state index is 0.0543. The van der Waals surface area contributed by atoms with Gasteiger partial charge in [0.1, 0.15) is 0 Å². The molecule has 4 saturated carbocycles. The SMILES string of the molecule is O=C(Nc1cn[nH]c1-c1ccccc1)C12CC3CC(CC(O)(C3)C1)C2. The number of hydrogen-bond donors (Lipinski definition) is 3. The van der Waals surface area contributed by atoms with Crippen LogP contribution in [-0.2, 0) is 4.79 Å². The van der Waals surface area contributed by atoms with Gasteiger partial charge in [0.25, 0.3) is 0 Å². The van der Waals surface area contributed by atoms with Gasteiger partial charge in [0.15, 0.2) is 0 Å². The van der Waals surface area contributed by atoms with Gasteiger partial charge in [-0.3, -0.25) is 9.89 Å². The maximum atomic E-state index is 13.2. The smallest absolute Gasteiger partial charge is 0.230 e. The van der Waals surface area contributed by atoms with Crippen molar-refractivity contribution >= 4 is 11.6 Å². The van der Waals surface area contributed by atoms with E-state index in [-0.39, 0.29) is 5.91 Å². The summed E-state index contributed by atoms with van der Waals surface area (Å²) in [4.78, 5) is 13.2. The summed E-state index contributed by atoms with van der Waals surface area (Å²) in [7, 11) is 0. The molecule has 4 aliphatic carbocycles. The van der Waals surface area contributed by atoms with E-state index in [2.05, 4.69) is 15.5 Å². The molecule has 4 bridgehead atoms. The van der Waals surface area contributed by atoms with Crippen molar-refractivity contribution in [3.8, 4) is 11.3 Å². The molecule has 0 aliphatic heterocycles. The van der Waals surface area contributed by atoms with E-state index in [1.54, 1.807) is 6.20 Å². The van der Waals surface area contributed by atoms with Crippen LogP contribution in [0.1, 0.15) is 38.5 Å². The Labute approximate surface area is 146 Å². The van der Waals surface area contributed by atoms with Gasteiger partial charge in [0, 0.05) is 5.56 Å². The zero-order valence-corrected chi connectivity index (χ0v) is 14.2. The first-order valence-corrected chi connectivity index (χ1v) is 9.18. The average molecular weight is 337 g/mol. The highest BCUT2D eigenvalue weighted by Gasteiger charge is 2.60. The molecule has 4 fully saturated rings. The van der Waals surface area contributed by atoms with E-state index in [0.29, 0.717) is 18.3 Å². The Morgan fingerprint density at radius 2 is 1.88 bits per heavy atom. The second kappa shape index (κ2) is 5.18. The maximum Gasteiger partial charge on any atom is 0.230 e. The van der Waals surface area contributed by atoms with Crippen LogP contribution in [0.4, 0.5) is 5.69 Å². The standard InChI is InChI=1S/C20H23N3O2/c24-18(19-7-13-6-14(8-19)10-20(25,9-13)12-19)22-16-11-21-23-17(16)15-4-2-1-3-5-15/h1-5,11,13-14,25H,6-10,12H2,(H,21,23)(H,22,24). The quantitative estimate of drug-likeness (QED) is 0.804. The highest BCUT2D eigenvalue weighted by Crippen LogP contribution is 2.61. The van der Waals surface area contributed by atoms with Gasteiger partial charge in [-0.15, -0.1) is 0 Å². The first kappa shape index (κ1) is 15.1. The van der Waals surface area contributed by atoms with E-state index in [4.69, 9.17) is 0 Å². The molecule has 25 heavy (non-hydrogen) atoms. The molecule has 1 aromatic heterocycles. The molecule has 5 heteroatoms. The third-order valence-corrected chi connectivity index (χ3v) is 6.46. The maximum absolute atomic E-state index is 13.2. The average Bonchev–Trinajstić information content (AvgIpc) is 3.01. The molecule has 3 N–H and O–H groups in total. The fourth-order valence-corrected chi connectivity index (χ4v) is 5.94. The number of aromatic nitrogens is 2. The summed E-state index contributed by atoms with van der Waals surface area (Å²) >= 11 is 0. The highest BCUT2D eigenvalue weighted by molar-refractivity contribution is 5.98. The molecule has 1 heterocycles. The first-order chi connectivity index (χ1) is 12.1. The molecule has 2 unspecified atom stereocenters. The van der Waals surface area contributed by atoms with Crippen LogP contribution in [0.3, 0.4) is 0 Å². The van der Waals surface area contributed by atoms with Gasteiger partial charge >= 0.3 is 0 Å². The lowest BCUT2D eigenvalue weighted by Gasteiger charge is -2.59. The van der Waals surface area contributed by atoms with Crippen molar-refractivity contribution in [2.75, 3.05) is 5.32 Å². The lowest BCUT2D eigenvalue weighted by atomic mass is 9.47. The normalized spacial score (nSPS) is 35.7. The van der Waals surface area contributed by atoms with Crippen LogP contribution < -0.4 is 5.32 Å². The van der Waals surface area contributed by atoms with Crippen molar-refractivity contribution in [2.45, 2.75) is 44.1 Å². The van der Waals surface area contributed by atoms with Crippen LogP contribution >= 0.6 is 0 Å². The number of benzene rings is 1. The summed E-state index contributed by atoms with van der Waals surface area (Å²) in [6.45, 7) is 0. The predicted octanol–water partition coefficient (Wildman–Crippen LogP) is 3.35. The largest absolute Gasteiger partial charge is 0.390 e. The van der Waals surface area contributed by atoms with Gasteiger partial charge in [-0.1, -0.05) is 30.3 Å². The molecular weight excluding hydrogens is 314 g/mol. The predicted molar refractivity (Wildman–Crippen MR) is 94.7 cm³/mol. The van der Waals surface area contributed by atoms with E-state index in [0.717, 1.165) is 42.6 Å². The number of nitrogens with one attached hydrogen (secondary N) is 2.